The lowest BCUT2D eigenvalue weighted by Crippen LogP contribution is -2.42. The molecule has 0 amide bonds. The van der Waals surface area contributed by atoms with Crippen LogP contribution >= 0.6 is 11.6 Å². The van der Waals surface area contributed by atoms with E-state index in [1.165, 1.54) is 38.5 Å². The minimum atomic E-state index is -0.370. The first-order valence-corrected chi connectivity index (χ1v) is 12.2. The van der Waals surface area contributed by atoms with E-state index in [1.807, 2.05) is 6.92 Å². The molecule has 1 fully saturated rings. The molecular weight excluding hydrogens is 397 g/mol. The summed E-state index contributed by atoms with van der Waals surface area (Å²) in [5.74, 6) is 1.07. The number of nitrogens with one attached hydrogen (secondary N) is 1. The van der Waals surface area contributed by atoms with Gasteiger partial charge in [0.15, 0.2) is 11.6 Å². The topological polar surface area (TPSA) is 21.3 Å². The number of benzene rings is 1. The van der Waals surface area contributed by atoms with Gasteiger partial charge in [-0.1, -0.05) is 65.1 Å². The van der Waals surface area contributed by atoms with E-state index in [1.54, 1.807) is 12.1 Å². The Labute approximate surface area is 188 Å². The van der Waals surface area contributed by atoms with Crippen molar-refractivity contribution in [2.75, 3.05) is 6.61 Å². The number of hydrogen-bond donors (Lipinski definition) is 1. The third-order valence-corrected chi connectivity index (χ3v) is 6.68. The molecule has 4 heteroatoms. The van der Waals surface area contributed by atoms with E-state index in [9.17, 15) is 0 Å². The van der Waals surface area contributed by atoms with Gasteiger partial charge < -0.3 is 10.1 Å². The van der Waals surface area contributed by atoms with Gasteiger partial charge in [0.2, 0.25) is 0 Å². The van der Waals surface area contributed by atoms with Crippen LogP contribution in [0.15, 0.2) is 18.2 Å². The van der Waals surface area contributed by atoms with Gasteiger partial charge >= 0.3 is 0 Å². The Morgan fingerprint density at radius 1 is 1.20 bits per heavy atom. The third kappa shape index (κ3) is 6.39. The van der Waals surface area contributed by atoms with Crippen molar-refractivity contribution in [2.45, 2.75) is 92.5 Å². The Morgan fingerprint density at radius 3 is 2.43 bits per heavy atom. The van der Waals surface area contributed by atoms with Crippen LogP contribution in [0.25, 0.3) is 5.70 Å². The molecule has 1 saturated carbocycles. The molecule has 1 aliphatic carbocycles. The maximum atomic E-state index is 15.4. The maximum absolute atomic E-state index is 15.4. The summed E-state index contributed by atoms with van der Waals surface area (Å²) < 4.78 is 20.9. The first-order valence-electron chi connectivity index (χ1n) is 11.8. The average molecular weight is 438 g/mol. The van der Waals surface area contributed by atoms with E-state index in [2.05, 4.69) is 46.0 Å². The van der Waals surface area contributed by atoms with Crippen molar-refractivity contribution in [3.8, 4) is 5.75 Å². The van der Waals surface area contributed by atoms with Crippen LogP contribution < -0.4 is 10.1 Å². The van der Waals surface area contributed by atoms with E-state index in [0.717, 1.165) is 12.1 Å². The summed E-state index contributed by atoms with van der Waals surface area (Å²) in [5, 5.41) is 4.15. The molecule has 0 radical (unpaired) electrons. The fraction of sp³-hybridized carbons (Fsp3) is 0.692. The number of rotatable bonds is 13. The largest absolute Gasteiger partial charge is 0.489 e. The molecule has 0 heterocycles. The Bertz CT molecular complexity index is 711. The minimum absolute atomic E-state index is 0.152. The summed E-state index contributed by atoms with van der Waals surface area (Å²) in [6.07, 6.45) is 10.2. The molecule has 0 spiro atoms. The molecule has 2 unspecified atom stereocenters. The van der Waals surface area contributed by atoms with Crippen molar-refractivity contribution in [3.05, 3.63) is 34.6 Å². The van der Waals surface area contributed by atoms with Crippen molar-refractivity contribution in [2.24, 2.45) is 17.3 Å². The van der Waals surface area contributed by atoms with Crippen molar-refractivity contribution < 1.29 is 9.13 Å². The summed E-state index contributed by atoms with van der Waals surface area (Å²) in [4.78, 5) is 0. The zero-order chi connectivity index (χ0) is 22.3. The fourth-order valence-electron chi connectivity index (χ4n) is 4.40. The number of hydrogen-bond acceptors (Lipinski definition) is 2. The van der Waals surface area contributed by atoms with Gasteiger partial charge in [0.25, 0.3) is 0 Å². The molecule has 1 N–H and O–H groups in total. The molecule has 0 bridgehead atoms. The average Bonchev–Trinajstić information content (AvgIpc) is 3.44. The Balaban J connectivity index is 2.38. The Hall–Kier alpha value is -1.22. The van der Waals surface area contributed by atoms with Gasteiger partial charge in [-0.3, -0.25) is 0 Å². The van der Waals surface area contributed by atoms with Gasteiger partial charge in [0.05, 0.1) is 11.6 Å². The summed E-state index contributed by atoms with van der Waals surface area (Å²) in [5.41, 5.74) is 1.71. The van der Waals surface area contributed by atoms with Gasteiger partial charge in [-0.25, -0.2) is 4.39 Å². The van der Waals surface area contributed by atoms with Crippen molar-refractivity contribution in [1.82, 2.24) is 5.32 Å². The van der Waals surface area contributed by atoms with Crippen LogP contribution in [0.1, 0.15) is 92.1 Å². The molecule has 2 atom stereocenters. The predicted molar refractivity (Wildman–Crippen MR) is 128 cm³/mol. The molecule has 1 aromatic rings. The lowest BCUT2D eigenvalue weighted by molar-refractivity contribution is 0.239. The fourth-order valence-corrected chi connectivity index (χ4v) is 4.60. The monoisotopic (exact) mass is 437 g/mol. The zero-order valence-electron chi connectivity index (χ0n) is 19.8. The molecular formula is C26H41ClFNO. The molecule has 0 aliphatic heterocycles. The normalized spacial score (nSPS) is 17.7. The minimum Gasteiger partial charge on any atom is -0.489 e. The highest BCUT2D eigenvalue weighted by Gasteiger charge is 2.48. The number of halogens is 2. The smallest absolute Gasteiger partial charge is 0.175 e. The van der Waals surface area contributed by atoms with Crippen LogP contribution in [-0.2, 0) is 0 Å². The first-order chi connectivity index (χ1) is 14.3. The van der Waals surface area contributed by atoms with Crippen LogP contribution in [0.4, 0.5) is 4.39 Å². The van der Waals surface area contributed by atoms with Gasteiger partial charge in [-0.15, -0.1) is 0 Å². The Kier molecular flexibility index (Phi) is 9.53. The number of allylic oxidation sites excluding steroid dienone is 1. The summed E-state index contributed by atoms with van der Waals surface area (Å²) >= 11 is 6.21. The lowest BCUT2D eigenvalue weighted by Gasteiger charge is -2.35. The zero-order valence-corrected chi connectivity index (χ0v) is 20.5. The number of ether oxygens (including phenoxy) is 1. The van der Waals surface area contributed by atoms with E-state index in [4.69, 9.17) is 16.3 Å². The second kappa shape index (κ2) is 11.4. The van der Waals surface area contributed by atoms with E-state index < -0.39 is 0 Å². The molecule has 0 saturated heterocycles. The summed E-state index contributed by atoms with van der Waals surface area (Å²) in [6.45, 7) is 13.6. The highest BCUT2D eigenvalue weighted by Crippen LogP contribution is 2.52. The highest BCUT2D eigenvalue weighted by molar-refractivity contribution is 6.32. The second-order valence-corrected chi connectivity index (χ2v) is 9.90. The molecule has 2 rings (SSSR count). The van der Waals surface area contributed by atoms with Gasteiger partial charge in [-0.05, 0) is 68.4 Å². The van der Waals surface area contributed by atoms with Crippen LogP contribution in [0.5, 0.6) is 5.75 Å². The Morgan fingerprint density at radius 2 is 1.90 bits per heavy atom. The molecule has 1 aromatic carbocycles. The highest BCUT2D eigenvalue weighted by atomic mass is 35.5. The molecule has 2 nitrogen and oxygen atoms in total. The van der Waals surface area contributed by atoms with Crippen molar-refractivity contribution >= 4 is 17.3 Å². The predicted octanol–water partition coefficient (Wildman–Crippen LogP) is 8.24. The lowest BCUT2D eigenvalue weighted by atomic mass is 9.80. The molecule has 30 heavy (non-hydrogen) atoms. The molecule has 170 valence electrons. The molecule has 1 aliphatic rings. The van der Waals surface area contributed by atoms with Crippen LogP contribution in [0.2, 0.25) is 5.02 Å². The van der Waals surface area contributed by atoms with E-state index in [0.29, 0.717) is 35.1 Å². The van der Waals surface area contributed by atoms with E-state index >= 15 is 4.39 Å². The second-order valence-electron chi connectivity index (χ2n) is 9.49. The molecule has 0 aromatic heterocycles. The summed E-state index contributed by atoms with van der Waals surface area (Å²) in [6, 6.07) is 3.87. The SMILES string of the molecule is CC/C=C(\NC(C(CCC)CCC(C)C)C1(C)CC1)c1ccc(Cl)c(OCC)c1F. The van der Waals surface area contributed by atoms with Crippen molar-refractivity contribution in [3.63, 3.8) is 0 Å². The van der Waals surface area contributed by atoms with Crippen LogP contribution in [0.3, 0.4) is 0 Å². The van der Waals surface area contributed by atoms with Gasteiger partial charge in [0, 0.05) is 17.3 Å². The standard InChI is InChI=1S/C26H41ClFNO/c1-7-10-19(13-12-18(4)5)25(26(6)16-17-26)29-22(11-8-2)20-14-15-21(27)24(23(20)28)30-9-3/h11,14-15,18-19,25,29H,7-10,12-13,16-17H2,1-6H3/b22-11-. The maximum Gasteiger partial charge on any atom is 0.175 e. The van der Waals surface area contributed by atoms with Crippen molar-refractivity contribution in [1.29, 1.82) is 0 Å². The van der Waals surface area contributed by atoms with Crippen LogP contribution in [-0.4, -0.2) is 12.6 Å². The third-order valence-electron chi connectivity index (χ3n) is 6.38. The van der Waals surface area contributed by atoms with Crippen LogP contribution in [0, 0.1) is 23.1 Å². The van der Waals surface area contributed by atoms with Gasteiger partial charge in [-0.2, -0.15) is 0 Å². The van der Waals surface area contributed by atoms with Gasteiger partial charge in [0.1, 0.15) is 0 Å². The van der Waals surface area contributed by atoms with E-state index in [-0.39, 0.29) is 17.0 Å². The first kappa shape index (κ1) is 25.0. The quantitative estimate of drug-likeness (QED) is 0.335. The summed E-state index contributed by atoms with van der Waals surface area (Å²) in [7, 11) is 0.